The third-order valence-corrected chi connectivity index (χ3v) is 3.93. The van der Waals surface area contributed by atoms with Crippen molar-refractivity contribution in [3.8, 4) is 17.2 Å². The fourth-order valence-electron chi connectivity index (χ4n) is 2.57. The molecule has 0 aromatic heterocycles. The monoisotopic (exact) mass is 417 g/mol. The lowest BCUT2D eigenvalue weighted by Crippen LogP contribution is -1.97. The van der Waals surface area contributed by atoms with E-state index in [-0.39, 0.29) is 0 Å². The standard InChI is InChI=1S/C12H12O2.C6H3N3O7/c1-13-11-8-7-9-5-3-4-6-10(9)12(11)14-2;10-6-4(8(13)14)1-3(7(11)12)2-5(6)9(15)16/h3-8H,1-2H3;1-2,10H. The van der Waals surface area contributed by atoms with Crippen molar-refractivity contribution in [1.29, 1.82) is 0 Å². The highest BCUT2D eigenvalue weighted by atomic mass is 16.6. The summed E-state index contributed by atoms with van der Waals surface area (Å²) in [6.07, 6.45) is 0. The van der Waals surface area contributed by atoms with Crippen LogP contribution in [0.25, 0.3) is 10.8 Å². The molecule has 12 nitrogen and oxygen atoms in total. The van der Waals surface area contributed by atoms with Crippen LogP contribution in [-0.4, -0.2) is 34.1 Å². The summed E-state index contributed by atoms with van der Waals surface area (Å²) < 4.78 is 10.5. The quantitative estimate of drug-likeness (QED) is 0.476. The number of non-ortho nitro benzene ring substituents is 1. The van der Waals surface area contributed by atoms with Crippen LogP contribution in [0, 0.1) is 30.3 Å². The molecular formula is C18H15N3O9. The Balaban J connectivity index is 0.000000215. The van der Waals surface area contributed by atoms with Crippen LogP contribution in [0.5, 0.6) is 17.2 Å². The maximum atomic E-state index is 10.4. The molecule has 3 aromatic rings. The molecule has 0 radical (unpaired) electrons. The van der Waals surface area contributed by atoms with Crippen molar-refractivity contribution in [3.05, 3.63) is 78.9 Å². The number of methoxy groups -OCH3 is 2. The molecule has 30 heavy (non-hydrogen) atoms. The van der Waals surface area contributed by atoms with E-state index in [0.717, 1.165) is 22.3 Å². The van der Waals surface area contributed by atoms with Crippen LogP contribution in [0.15, 0.2) is 48.5 Å². The number of phenolic OH excluding ortho intramolecular Hbond substituents is 1. The summed E-state index contributed by atoms with van der Waals surface area (Å²) in [5.74, 6) is 0.359. The zero-order valence-corrected chi connectivity index (χ0v) is 15.7. The molecule has 0 amide bonds. The molecule has 0 saturated carbocycles. The molecule has 3 rings (SSSR count). The summed E-state index contributed by atoms with van der Waals surface area (Å²) in [6, 6.07) is 12.9. The van der Waals surface area contributed by atoms with Gasteiger partial charge in [-0.2, -0.15) is 0 Å². The van der Waals surface area contributed by atoms with Crippen LogP contribution >= 0.6 is 0 Å². The second-order valence-electron chi connectivity index (χ2n) is 5.63. The van der Waals surface area contributed by atoms with E-state index in [1.165, 1.54) is 0 Å². The molecule has 12 heteroatoms. The van der Waals surface area contributed by atoms with Gasteiger partial charge in [-0.25, -0.2) is 0 Å². The van der Waals surface area contributed by atoms with Gasteiger partial charge in [-0.1, -0.05) is 30.3 Å². The predicted octanol–water partition coefficient (Wildman–Crippen LogP) is 3.97. The van der Waals surface area contributed by atoms with Crippen LogP contribution in [0.3, 0.4) is 0 Å². The second-order valence-corrected chi connectivity index (χ2v) is 5.63. The van der Waals surface area contributed by atoms with Crippen molar-refractivity contribution in [3.63, 3.8) is 0 Å². The molecule has 0 aliphatic carbocycles. The molecule has 0 heterocycles. The first-order valence-corrected chi connectivity index (χ1v) is 8.11. The topological polar surface area (TPSA) is 168 Å². The van der Waals surface area contributed by atoms with Crippen LogP contribution in [0.4, 0.5) is 17.1 Å². The number of nitro groups is 3. The van der Waals surface area contributed by atoms with Gasteiger partial charge in [-0.15, -0.1) is 0 Å². The van der Waals surface area contributed by atoms with Gasteiger partial charge in [-0.05, 0) is 11.5 Å². The summed E-state index contributed by atoms with van der Waals surface area (Å²) in [7, 11) is 3.30. The number of phenols is 1. The van der Waals surface area contributed by atoms with E-state index in [1.54, 1.807) is 14.2 Å². The van der Waals surface area contributed by atoms with E-state index in [0.29, 0.717) is 12.1 Å². The number of benzene rings is 3. The summed E-state index contributed by atoms with van der Waals surface area (Å²) in [5.41, 5.74) is -3.00. The number of rotatable bonds is 5. The number of fused-ring (bicyclic) bond motifs is 1. The molecule has 0 aliphatic heterocycles. The molecule has 1 N–H and O–H groups in total. The Morgan fingerprint density at radius 1 is 0.800 bits per heavy atom. The summed E-state index contributed by atoms with van der Waals surface area (Å²) in [6.45, 7) is 0. The Kier molecular flexibility index (Phi) is 6.65. The van der Waals surface area contributed by atoms with Crippen molar-refractivity contribution in [2.45, 2.75) is 0 Å². The maximum Gasteiger partial charge on any atom is 0.324 e. The minimum atomic E-state index is -1.21. The Bertz CT molecular complexity index is 1100. The molecule has 0 aliphatic rings. The lowest BCUT2D eigenvalue weighted by molar-refractivity contribution is -0.404. The highest BCUT2D eigenvalue weighted by Gasteiger charge is 2.30. The van der Waals surface area contributed by atoms with Crippen LogP contribution in [0.1, 0.15) is 0 Å². The molecule has 156 valence electrons. The molecule has 3 aromatic carbocycles. The second kappa shape index (κ2) is 9.14. The van der Waals surface area contributed by atoms with Crippen molar-refractivity contribution in [2.24, 2.45) is 0 Å². The molecule has 0 atom stereocenters. The van der Waals surface area contributed by atoms with Gasteiger partial charge in [0.2, 0.25) is 0 Å². The largest absolute Gasteiger partial charge is 0.497 e. The number of nitro benzene ring substituents is 3. The van der Waals surface area contributed by atoms with Crippen molar-refractivity contribution in [2.75, 3.05) is 14.2 Å². The number of nitrogens with zero attached hydrogens (tertiary/aromatic N) is 3. The van der Waals surface area contributed by atoms with E-state index in [4.69, 9.17) is 14.6 Å². The molecule has 0 spiro atoms. The normalized spacial score (nSPS) is 9.93. The first kappa shape index (κ1) is 21.8. The molecule has 0 unspecified atom stereocenters. The SMILES string of the molecule is COc1ccc2ccccc2c1OC.O=[N+]([O-])c1cc([N+](=O)[O-])c(O)c([N+](=O)[O-])c1. The minimum absolute atomic E-state index is 0.447. The third kappa shape index (κ3) is 4.49. The fourth-order valence-corrected chi connectivity index (χ4v) is 2.57. The Morgan fingerprint density at radius 3 is 1.83 bits per heavy atom. The van der Waals surface area contributed by atoms with Gasteiger partial charge in [0, 0.05) is 5.39 Å². The lowest BCUT2D eigenvalue weighted by atomic mass is 10.1. The van der Waals surface area contributed by atoms with Gasteiger partial charge < -0.3 is 14.6 Å². The Labute approximate surface area is 168 Å². The van der Waals surface area contributed by atoms with Crippen LogP contribution in [0.2, 0.25) is 0 Å². The first-order chi connectivity index (χ1) is 14.2. The van der Waals surface area contributed by atoms with Gasteiger partial charge in [-0.3, -0.25) is 30.3 Å². The molecule has 0 bridgehead atoms. The van der Waals surface area contributed by atoms with E-state index >= 15 is 0 Å². The number of hydrogen-bond donors (Lipinski definition) is 1. The molecule has 0 saturated heterocycles. The number of hydrogen-bond acceptors (Lipinski definition) is 9. The Morgan fingerprint density at radius 2 is 1.37 bits per heavy atom. The van der Waals surface area contributed by atoms with Gasteiger partial charge in [0.15, 0.2) is 11.5 Å². The average Bonchev–Trinajstić information content (AvgIpc) is 2.72. The highest BCUT2D eigenvalue weighted by Crippen LogP contribution is 2.39. The van der Waals surface area contributed by atoms with Crippen LogP contribution in [-0.2, 0) is 0 Å². The van der Waals surface area contributed by atoms with Gasteiger partial charge in [0.1, 0.15) is 0 Å². The van der Waals surface area contributed by atoms with Gasteiger partial charge in [0.05, 0.1) is 41.1 Å². The van der Waals surface area contributed by atoms with Gasteiger partial charge >= 0.3 is 11.4 Å². The zero-order chi connectivity index (χ0) is 22.4. The number of ether oxygens (including phenoxy) is 2. The number of aromatic hydroxyl groups is 1. The summed E-state index contributed by atoms with van der Waals surface area (Å²) >= 11 is 0. The first-order valence-electron chi connectivity index (χ1n) is 8.11. The predicted molar refractivity (Wildman–Crippen MR) is 105 cm³/mol. The van der Waals surface area contributed by atoms with E-state index in [2.05, 4.69) is 6.07 Å². The van der Waals surface area contributed by atoms with Gasteiger partial charge in [0.25, 0.3) is 11.4 Å². The summed E-state index contributed by atoms with van der Waals surface area (Å²) in [5, 5.41) is 42.4. The average molecular weight is 417 g/mol. The molecular weight excluding hydrogens is 402 g/mol. The molecule has 0 fully saturated rings. The van der Waals surface area contributed by atoms with Crippen LogP contribution < -0.4 is 9.47 Å². The highest BCUT2D eigenvalue weighted by molar-refractivity contribution is 5.90. The van der Waals surface area contributed by atoms with E-state index in [1.807, 2.05) is 30.3 Å². The minimum Gasteiger partial charge on any atom is -0.497 e. The zero-order valence-electron chi connectivity index (χ0n) is 15.7. The summed E-state index contributed by atoms with van der Waals surface area (Å²) in [4.78, 5) is 27.8. The van der Waals surface area contributed by atoms with Crippen molar-refractivity contribution < 1.29 is 29.4 Å². The fraction of sp³-hybridized carbons (Fsp3) is 0.111. The Hall–Kier alpha value is -4.48. The lowest BCUT2D eigenvalue weighted by Gasteiger charge is -2.09. The third-order valence-electron chi connectivity index (χ3n) is 3.93. The smallest absolute Gasteiger partial charge is 0.324 e. The van der Waals surface area contributed by atoms with Crippen molar-refractivity contribution >= 4 is 27.8 Å². The maximum absolute atomic E-state index is 10.4. The van der Waals surface area contributed by atoms with E-state index in [9.17, 15) is 30.3 Å². The van der Waals surface area contributed by atoms with Crippen molar-refractivity contribution in [1.82, 2.24) is 0 Å². The van der Waals surface area contributed by atoms with E-state index < -0.39 is 37.6 Å².